The molecule has 5 N–H and O–H groups in total. The van der Waals surface area contributed by atoms with Gasteiger partial charge in [-0.25, -0.2) is 4.68 Å². The SMILES string of the molecule is C=C1[C@@H](O)[C@H](n2ncc3c(NC45CC6CC(CC(C6)C4)C5)nc(Cl)nc32)O[C@@H]1COP(=O)(O)CP(=O)(O)O. The molecule has 4 atom stereocenters. The Balaban J connectivity index is 1.23. The Morgan fingerprint density at radius 1 is 1.16 bits per heavy atom. The molecule has 2 aromatic heterocycles. The minimum Gasteiger partial charge on any atom is -0.384 e. The summed E-state index contributed by atoms with van der Waals surface area (Å²) in [5.41, 5.74) is 0.458. The topological polar surface area (TPSA) is 189 Å². The summed E-state index contributed by atoms with van der Waals surface area (Å²) in [6.45, 7) is 3.25. The van der Waals surface area contributed by atoms with Crippen LogP contribution in [0.2, 0.25) is 5.28 Å². The standard InChI is InChI=1S/C22H30ClN5O8P2/c1-11-16(9-35-38(33,34)10-37(30,31)32)36-20(17(11)29)28-19-15(8-24-28)18(25-21(23)26-19)27-22-5-12-2-13(6-22)4-14(3-12)7-22/h8,12-14,16-17,20,29H,1-7,9-10H2,(H,33,34)(H,25,26,27)(H2,30,31,32)/t12?,13?,14?,16-,17-,20-,22?/m1/s1. The second-order valence-electron chi connectivity index (χ2n) is 11.3. The fourth-order valence-corrected chi connectivity index (χ4v) is 9.92. The van der Waals surface area contributed by atoms with E-state index in [2.05, 4.69) is 27.0 Å². The summed E-state index contributed by atoms with van der Waals surface area (Å²) in [6.07, 6.45) is 5.39. The third kappa shape index (κ3) is 5.09. The molecule has 4 aliphatic carbocycles. The lowest BCUT2D eigenvalue weighted by Crippen LogP contribution is -2.54. The number of rotatable bonds is 8. The van der Waals surface area contributed by atoms with E-state index in [-0.39, 0.29) is 16.4 Å². The normalized spacial score (nSPS) is 36.2. The Labute approximate surface area is 223 Å². The molecular weight excluding hydrogens is 560 g/mol. The van der Waals surface area contributed by atoms with Crippen LogP contribution in [0.1, 0.15) is 44.8 Å². The Morgan fingerprint density at radius 2 is 1.79 bits per heavy atom. The van der Waals surface area contributed by atoms with Gasteiger partial charge in [-0.1, -0.05) is 6.58 Å². The number of ether oxygens (including phenoxy) is 1. The molecular formula is C22H30ClN5O8P2. The molecule has 0 spiro atoms. The van der Waals surface area contributed by atoms with Crippen molar-refractivity contribution in [3.05, 3.63) is 23.6 Å². The molecule has 7 rings (SSSR count). The molecule has 38 heavy (non-hydrogen) atoms. The molecule has 16 heteroatoms. The van der Waals surface area contributed by atoms with Gasteiger partial charge in [0.2, 0.25) is 5.28 Å². The largest absolute Gasteiger partial charge is 0.384 e. The van der Waals surface area contributed by atoms with Crippen molar-refractivity contribution < 1.29 is 38.2 Å². The monoisotopic (exact) mass is 589 g/mol. The molecule has 1 saturated heterocycles. The molecule has 1 aliphatic heterocycles. The average Bonchev–Trinajstić information content (AvgIpc) is 3.30. The third-order valence-electron chi connectivity index (χ3n) is 8.25. The molecule has 5 aliphatic rings. The highest BCUT2D eigenvalue weighted by Crippen LogP contribution is 2.57. The van der Waals surface area contributed by atoms with E-state index in [1.807, 2.05) is 0 Å². The number of aliphatic hydroxyl groups excluding tert-OH is 1. The van der Waals surface area contributed by atoms with E-state index in [0.29, 0.717) is 16.9 Å². The molecule has 2 aromatic rings. The number of anilines is 1. The molecule has 5 fully saturated rings. The first kappa shape index (κ1) is 26.8. The number of fused-ring (bicyclic) bond motifs is 1. The Morgan fingerprint density at radius 3 is 2.39 bits per heavy atom. The molecule has 208 valence electrons. The fourth-order valence-electron chi connectivity index (χ4n) is 7.19. The molecule has 0 radical (unpaired) electrons. The molecule has 3 heterocycles. The van der Waals surface area contributed by atoms with E-state index in [1.54, 1.807) is 6.20 Å². The zero-order chi connectivity index (χ0) is 27.0. The van der Waals surface area contributed by atoms with Crippen molar-refractivity contribution in [1.29, 1.82) is 0 Å². The quantitative estimate of drug-likeness (QED) is 0.172. The van der Waals surface area contributed by atoms with Gasteiger partial charge in [0, 0.05) is 5.54 Å². The first-order valence-corrected chi connectivity index (χ1v) is 16.5. The van der Waals surface area contributed by atoms with Crippen LogP contribution in [0, 0.1) is 17.8 Å². The molecule has 13 nitrogen and oxygen atoms in total. The number of aromatic nitrogens is 4. The van der Waals surface area contributed by atoms with Crippen LogP contribution in [0.3, 0.4) is 0 Å². The zero-order valence-electron chi connectivity index (χ0n) is 20.4. The Hall–Kier alpha value is -1.40. The minimum absolute atomic E-state index is 0.0105. The smallest absolute Gasteiger partial charge is 0.340 e. The number of nitrogens with one attached hydrogen (secondary N) is 1. The van der Waals surface area contributed by atoms with Crippen molar-refractivity contribution in [3.8, 4) is 0 Å². The van der Waals surface area contributed by atoms with Gasteiger partial charge in [0.15, 0.2) is 17.8 Å². The van der Waals surface area contributed by atoms with Gasteiger partial charge in [0.05, 0.1) is 18.2 Å². The molecule has 4 saturated carbocycles. The van der Waals surface area contributed by atoms with Crippen LogP contribution in [-0.4, -0.2) is 69.8 Å². The maximum atomic E-state index is 12.0. The highest BCUT2D eigenvalue weighted by molar-refractivity contribution is 7.70. The van der Waals surface area contributed by atoms with Crippen LogP contribution in [0.25, 0.3) is 11.0 Å². The summed E-state index contributed by atoms with van der Waals surface area (Å²) in [4.78, 5) is 36.6. The third-order valence-corrected chi connectivity index (χ3v) is 11.9. The van der Waals surface area contributed by atoms with Gasteiger partial charge in [-0.15, -0.1) is 0 Å². The molecule has 1 unspecified atom stereocenters. The predicted octanol–water partition coefficient (Wildman–Crippen LogP) is 3.01. The van der Waals surface area contributed by atoms with Crippen LogP contribution in [0.15, 0.2) is 18.3 Å². The summed E-state index contributed by atoms with van der Waals surface area (Å²) in [7, 11) is -9.39. The Kier molecular flexibility index (Phi) is 6.58. The van der Waals surface area contributed by atoms with Gasteiger partial charge in [-0.3, -0.25) is 9.13 Å². The van der Waals surface area contributed by atoms with Crippen molar-refractivity contribution in [2.45, 2.75) is 62.5 Å². The minimum atomic E-state index is -4.78. The van der Waals surface area contributed by atoms with E-state index < -0.39 is 46.1 Å². The van der Waals surface area contributed by atoms with E-state index in [9.17, 15) is 19.1 Å². The average molecular weight is 590 g/mol. The summed E-state index contributed by atoms with van der Waals surface area (Å²) >= 11 is 6.33. The summed E-state index contributed by atoms with van der Waals surface area (Å²) in [5, 5.41) is 19.6. The molecule has 0 amide bonds. The lowest BCUT2D eigenvalue weighted by Gasteiger charge is -2.57. The number of hydrogen-bond acceptors (Lipinski definition) is 9. The van der Waals surface area contributed by atoms with Crippen molar-refractivity contribution in [3.63, 3.8) is 0 Å². The van der Waals surface area contributed by atoms with Crippen LogP contribution >= 0.6 is 26.8 Å². The van der Waals surface area contributed by atoms with Crippen molar-refractivity contribution in [2.24, 2.45) is 17.8 Å². The van der Waals surface area contributed by atoms with E-state index >= 15 is 0 Å². The lowest BCUT2D eigenvalue weighted by molar-refractivity contribution is -0.0526. The molecule has 0 aromatic carbocycles. The number of halogens is 1. The second-order valence-corrected chi connectivity index (χ2v) is 15.6. The molecule has 4 bridgehead atoms. The number of nitrogens with zero attached hydrogens (tertiary/aromatic N) is 4. The van der Waals surface area contributed by atoms with E-state index in [1.165, 1.54) is 23.9 Å². The second kappa shape index (κ2) is 9.33. The van der Waals surface area contributed by atoms with Gasteiger partial charge >= 0.3 is 15.2 Å². The van der Waals surface area contributed by atoms with Crippen LogP contribution in [-0.2, 0) is 18.4 Å². The van der Waals surface area contributed by atoms with Gasteiger partial charge in [-0.05, 0) is 73.5 Å². The van der Waals surface area contributed by atoms with Crippen molar-refractivity contribution in [1.82, 2.24) is 19.7 Å². The predicted molar refractivity (Wildman–Crippen MR) is 137 cm³/mol. The van der Waals surface area contributed by atoms with E-state index in [0.717, 1.165) is 37.0 Å². The van der Waals surface area contributed by atoms with Crippen LogP contribution < -0.4 is 5.32 Å². The van der Waals surface area contributed by atoms with Crippen LogP contribution in [0.4, 0.5) is 5.82 Å². The van der Waals surface area contributed by atoms with E-state index in [4.69, 9.17) is 30.6 Å². The van der Waals surface area contributed by atoms with Gasteiger partial charge in [0.1, 0.15) is 18.0 Å². The van der Waals surface area contributed by atoms with Gasteiger partial charge in [-0.2, -0.15) is 15.1 Å². The summed E-state index contributed by atoms with van der Waals surface area (Å²) in [5.74, 6) is 1.44. The number of hydrogen-bond donors (Lipinski definition) is 5. The maximum Gasteiger partial charge on any atom is 0.340 e. The van der Waals surface area contributed by atoms with Gasteiger partial charge in [0.25, 0.3) is 0 Å². The highest BCUT2D eigenvalue weighted by Gasteiger charge is 2.51. The fraction of sp³-hybridized carbons (Fsp3) is 0.682. The first-order chi connectivity index (χ1) is 17.8. The maximum absolute atomic E-state index is 12.0. The van der Waals surface area contributed by atoms with Crippen molar-refractivity contribution in [2.75, 3.05) is 17.8 Å². The van der Waals surface area contributed by atoms with Crippen molar-refractivity contribution >= 4 is 43.6 Å². The highest BCUT2D eigenvalue weighted by atomic mass is 35.5. The summed E-state index contributed by atoms with van der Waals surface area (Å²) < 4.78 is 35.2. The summed E-state index contributed by atoms with van der Waals surface area (Å²) in [6, 6.07) is 0. The van der Waals surface area contributed by atoms with Gasteiger partial charge < -0.3 is 34.4 Å². The van der Waals surface area contributed by atoms with Crippen LogP contribution in [0.5, 0.6) is 0 Å². The lowest BCUT2D eigenvalue weighted by atomic mass is 9.53. The first-order valence-electron chi connectivity index (χ1n) is 12.5. The zero-order valence-corrected chi connectivity index (χ0v) is 22.9. The number of aliphatic hydroxyl groups is 1. The Bertz CT molecular complexity index is 1350.